The second kappa shape index (κ2) is 21.9. The lowest BCUT2D eigenvalue weighted by Crippen LogP contribution is -2.57. The van der Waals surface area contributed by atoms with E-state index in [0.717, 1.165) is 0 Å². The van der Waals surface area contributed by atoms with Gasteiger partial charge in [0.05, 0.1) is 0 Å². The van der Waals surface area contributed by atoms with E-state index >= 15 is 0 Å². The summed E-state index contributed by atoms with van der Waals surface area (Å²) in [5.41, 5.74) is 11.7. The second-order valence-electron chi connectivity index (χ2n) is 16.5. The first kappa shape index (κ1) is 47.8. The third kappa shape index (κ3) is 17.0. The van der Waals surface area contributed by atoms with E-state index in [-0.39, 0.29) is 62.6 Å². The molecule has 2 aromatic carbocycles. The van der Waals surface area contributed by atoms with Crippen LogP contribution < -0.4 is 43.4 Å². The summed E-state index contributed by atoms with van der Waals surface area (Å²) in [5, 5.41) is 38.0. The van der Waals surface area contributed by atoms with Gasteiger partial charge in [0.1, 0.15) is 40.8 Å². The molecule has 1 heterocycles. The number of ether oxygens (including phenoxy) is 2. The fourth-order valence-corrected chi connectivity index (χ4v) is 6.11. The number of carbonyl (C=O) groups is 6. The Balaban J connectivity index is 1.97. The predicted molar refractivity (Wildman–Crippen MR) is 220 cm³/mol. The average Bonchev–Trinajstić information content (AvgIpc) is 3.12. The van der Waals surface area contributed by atoms with E-state index in [1.807, 2.05) is 0 Å². The fraction of sp³-hybridized carbons (Fsp3) is 0.561. The van der Waals surface area contributed by atoms with Gasteiger partial charge in [-0.05, 0) is 114 Å². The first-order valence-electron chi connectivity index (χ1n) is 19.9. The van der Waals surface area contributed by atoms with Gasteiger partial charge in [0.15, 0.2) is 0 Å². The van der Waals surface area contributed by atoms with E-state index in [9.17, 15) is 39.0 Å². The molecular formula is C41H62N8O10. The Morgan fingerprint density at radius 3 is 1.95 bits per heavy atom. The normalized spacial score (nSPS) is 17.8. The third-order valence-electron chi connectivity index (χ3n) is 8.92. The van der Waals surface area contributed by atoms with Crippen molar-refractivity contribution in [2.45, 2.75) is 122 Å². The van der Waals surface area contributed by atoms with Crippen molar-refractivity contribution in [3.63, 3.8) is 0 Å². The van der Waals surface area contributed by atoms with Crippen LogP contribution in [0.4, 0.5) is 9.59 Å². The summed E-state index contributed by atoms with van der Waals surface area (Å²) in [5.74, 6) is -2.66. The minimum atomic E-state index is -1.35. The number of fused-ring (bicyclic) bond motifs is 5. The lowest BCUT2D eigenvalue weighted by Gasteiger charge is -2.27. The molecule has 0 spiro atoms. The van der Waals surface area contributed by atoms with E-state index in [1.165, 1.54) is 12.1 Å². The van der Waals surface area contributed by atoms with Crippen molar-refractivity contribution >= 4 is 35.8 Å². The Hall–Kier alpha value is -5.62. The quantitative estimate of drug-likeness (QED) is 0.122. The number of nitrogens with two attached hydrogens (primary N) is 2. The number of alkyl carbamates (subject to hydrolysis) is 2. The Labute approximate surface area is 345 Å². The molecule has 6 amide bonds. The molecule has 59 heavy (non-hydrogen) atoms. The molecule has 12 N–H and O–H groups in total. The summed E-state index contributed by atoms with van der Waals surface area (Å²) in [4.78, 5) is 79.4. The number of hydrogen-bond donors (Lipinski definition) is 10. The molecule has 0 fully saturated rings. The maximum absolute atomic E-state index is 14.2. The monoisotopic (exact) mass is 826 g/mol. The SMILES string of the molecule is CC(C)(C)OC(=O)NCCC[C@@H]1NC(=O)[C@@H](NC(=O)OC(C)(C)C)Cc2cc(ccc2O)-c2ccc(O)c(c2)C[C@@H](C(=O)NCCC[C@H](N)CC(=O)NCCN)NC1=O. The highest BCUT2D eigenvalue weighted by atomic mass is 16.6. The highest BCUT2D eigenvalue weighted by Crippen LogP contribution is 2.31. The van der Waals surface area contributed by atoms with Gasteiger partial charge in [0.2, 0.25) is 23.6 Å². The summed E-state index contributed by atoms with van der Waals surface area (Å²) < 4.78 is 10.7. The smallest absolute Gasteiger partial charge is 0.408 e. The summed E-state index contributed by atoms with van der Waals surface area (Å²) in [6.45, 7) is 11.0. The predicted octanol–water partition coefficient (Wildman–Crippen LogP) is 1.72. The summed E-state index contributed by atoms with van der Waals surface area (Å²) in [7, 11) is 0. The molecule has 4 bridgehead atoms. The molecule has 18 nitrogen and oxygen atoms in total. The molecule has 1 aliphatic rings. The molecule has 0 aliphatic carbocycles. The standard InChI is InChI=1S/C41H62N8O10/c1-40(2,3)58-38(56)46-17-8-10-29-36(54)48-30(35(53)45-16-7-9-28(43)23-34(52)44-18-15-42)21-26-19-24(11-13-32(26)50)25-12-14-33(51)27(20-25)22-31(37(55)47-29)49-39(57)59-41(4,5)6/h11-14,19-20,28-31,50-51H,7-10,15-18,21-23,42-43H2,1-6H3,(H,44,52)(H,45,53)(H,46,56)(H,47,55)(H,48,54)(H,49,57)/t28-,29-,30-,31-/m0/s1. The second-order valence-corrected chi connectivity index (χ2v) is 16.5. The van der Waals surface area contributed by atoms with Crippen LogP contribution in [0.25, 0.3) is 11.1 Å². The zero-order chi connectivity index (χ0) is 43.9. The van der Waals surface area contributed by atoms with E-state index in [1.54, 1.807) is 65.8 Å². The molecule has 0 radical (unpaired) electrons. The van der Waals surface area contributed by atoms with Gasteiger partial charge in [-0.15, -0.1) is 0 Å². The largest absolute Gasteiger partial charge is 0.508 e. The van der Waals surface area contributed by atoms with Crippen molar-refractivity contribution in [1.29, 1.82) is 0 Å². The number of amides is 6. The van der Waals surface area contributed by atoms with Gasteiger partial charge >= 0.3 is 12.2 Å². The zero-order valence-corrected chi connectivity index (χ0v) is 34.9. The van der Waals surface area contributed by atoms with Crippen LogP contribution in [0.2, 0.25) is 0 Å². The van der Waals surface area contributed by atoms with Gasteiger partial charge in [-0.1, -0.05) is 12.1 Å². The van der Waals surface area contributed by atoms with Crippen molar-refractivity contribution in [2.75, 3.05) is 26.2 Å². The van der Waals surface area contributed by atoms with E-state index in [4.69, 9.17) is 20.9 Å². The minimum Gasteiger partial charge on any atom is -0.508 e. The van der Waals surface area contributed by atoms with Gasteiger partial charge in [-0.2, -0.15) is 0 Å². The van der Waals surface area contributed by atoms with Crippen molar-refractivity contribution in [3.8, 4) is 22.6 Å². The lowest BCUT2D eigenvalue weighted by molar-refractivity contribution is -0.132. The average molecular weight is 827 g/mol. The van der Waals surface area contributed by atoms with Crippen LogP contribution in [0, 0.1) is 0 Å². The minimum absolute atomic E-state index is 0.0287. The summed E-state index contributed by atoms with van der Waals surface area (Å²) >= 11 is 0. The number of benzene rings is 2. The van der Waals surface area contributed by atoms with Gasteiger partial charge in [0.25, 0.3) is 0 Å². The number of phenols is 2. The maximum Gasteiger partial charge on any atom is 0.408 e. The number of phenolic OH excluding ortho intramolecular Hbond substituents is 2. The lowest BCUT2D eigenvalue weighted by atomic mass is 9.95. The number of hydrogen-bond acceptors (Lipinski definition) is 12. The van der Waals surface area contributed by atoms with Crippen molar-refractivity contribution in [2.24, 2.45) is 11.5 Å². The summed E-state index contributed by atoms with van der Waals surface area (Å²) in [6, 6.07) is 5.12. The van der Waals surface area contributed by atoms with E-state index in [2.05, 4.69) is 31.9 Å². The number of carbonyl (C=O) groups excluding carboxylic acids is 6. The van der Waals surface area contributed by atoms with Crippen LogP contribution >= 0.6 is 0 Å². The van der Waals surface area contributed by atoms with Crippen LogP contribution in [-0.4, -0.2) is 108 Å². The first-order valence-corrected chi connectivity index (χ1v) is 19.9. The number of rotatable bonds is 14. The maximum atomic E-state index is 14.2. The van der Waals surface area contributed by atoms with Crippen LogP contribution in [0.1, 0.15) is 84.8 Å². The molecule has 4 atom stereocenters. The van der Waals surface area contributed by atoms with Crippen LogP contribution in [0.5, 0.6) is 11.5 Å². The molecule has 0 saturated heterocycles. The number of aromatic hydroxyl groups is 2. The highest BCUT2D eigenvalue weighted by Gasteiger charge is 2.32. The molecule has 18 heteroatoms. The van der Waals surface area contributed by atoms with Crippen LogP contribution in [0.3, 0.4) is 0 Å². The Bertz CT molecular complexity index is 1790. The van der Waals surface area contributed by atoms with E-state index in [0.29, 0.717) is 48.2 Å². The van der Waals surface area contributed by atoms with E-state index < -0.39 is 65.3 Å². The van der Waals surface area contributed by atoms with Gasteiger partial charge in [0, 0.05) is 51.5 Å². The van der Waals surface area contributed by atoms with Crippen molar-refractivity contribution in [3.05, 3.63) is 47.5 Å². The Morgan fingerprint density at radius 2 is 1.36 bits per heavy atom. The van der Waals surface area contributed by atoms with Gasteiger partial charge < -0.3 is 63.1 Å². The number of nitrogens with one attached hydrogen (secondary N) is 6. The molecule has 0 aromatic heterocycles. The molecular weight excluding hydrogens is 764 g/mol. The molecule has 0 unspecified atom stereocenters. The van der Waals surface area contributed by atoms with Crippen molar-refractivity contribution < 1.29 is 48.5 Å². The molecule has 2 aromatic rings. The summed E-state index contributed by atoms with van der Waals surface area (Å²) in [6.07, 6.45) is -0.904. The zero-order valence-electron chi connectivity index (χ0n) is 34.9. The fourth-order valence-electron chi connectivity index (χ4n) is 6.11. The van der Waals surface area contributed by atoms with Crippen LogP contribution in [-0.2, 0) is 41.5 Å². The van der Waals surface area contributed by atoms with Gasteiger partial charge in [-0.25, -0.2) is 9.59 Å². The van der Waals surface area contributed by atoms with Crippen LogP contribution in [0.15, 0.2) is 36.4 Å². The molecule has 1 aliphatic heterocycles. The first-order chi connectivity index (χ1) is 27.6. The van der Waals surface area contributed by atoms with Crippen molar-refractivity contribution in [1.82, 2.24) is 31.9 Å². The molecule has 0 saturated carbocycles. The Kier molecular flexibility index (Phi) is 17.8. The molecule has 3 rings (SSSR count). The van der Waals surface area contributed by atoms with Gasteiger partial charge in [-0.3, -0.25) is 19.2 Å². The topological polar surface area (TPSA) is 286 Å². The Morgan fingerprint density at radius 1 is 0.780 bits per heavy atom. The molecule has 326 valence electrons. The third-order valence-corrected chi connectivity index (χ3v) is 8.92. The highest BCUT2D eigenvalue weighted by molar-refractivity contribution is 5.94.